The molecule has 3 nitrogen and oxygen atoms in total. The molecule has 0 aromatic heterocycles. The molecule has 0 aliphatic carbocycles. The van der Waals surface area contributed by atoms with Crippen LogP contribution >= 0.6 is 15.9 Å². The van der Waals surface area contributed by atoms with Gasteiger partial charge in [0, 0.05) is 17.1 Å². The zero-order valence-electron chi connectivity index (χ0n) is 11.8. The van der Waals surface area contributed by atoms with Crippen LogP contribution in [0.4, 0.5) is 0 Å². The summed E-state index contributed by atoms with van der Waals surface area (Å²) in [6, 6.07) is 15.0. The minimum atomic E-state index is -0.0361. The smallest absolute Gasteiger partial charge is 0.200 e. The normalized spacial score (nSPS) is 10.4. The molecule has 0 atom stereocenters. The number of hydrogen-bond acceptors (Lipinski definition) is 3. The van der Waals surface area contributed by atoms with Gasteiger partial charge in [-0.2, -0.15) is 0 Å². The Bertz CT molecular complexity index is 576. The second kappa shape index (κ2) is 7.96. The van der Waals surface area contributed by atoms with Crippen LogP contribution in [0.2, 0.25) is 0 Å². The van der Waals surface area contributed by atoms with E-state index in [1.807, 2.05) is 36.4 Å². The minimum absolute atomic E-state index is 0.0361. The van der Waals surface area contributed by atoms with Crippen molar-refractivity contribution in [3.63, 3.8) is 0 Å². The number of hydrogen-bond donors (Lipinski definition) is 0. The first-order valence-corrected chi connectivity index (χ1v) is 7.48. The molecule has 2 rings (SSSR count). The van der Waals surface area contributed by atoms with E-state index in [0.29, 0.717) is 17.9 Å². The van der Waals surface area contributed by atoms with E-state index in [0.717, 1.165) is 10.9 Å². The van der Waals surface area contributed by atoms with Crippen molar-refractivity contribution in [3.05, 3.63) is 64.1 Å². The molecule has 0 fully saturated rings. The zero-order valence-corrected chi connectivity index (χ0v) is 13.4. The van der Waals surface area contributed by atoms with Gasteiger partial charge in [-0.25, -0.2) is 0 Å². The van der Waals surface area contributed by atoms with Crippen molar-refractivity contribution in [2.24, 2.45) is 0 Å². The molecule has 0 aliphatic rings. The van der Waals surface area contributed by atoms with Crippen molar-refractivity contribution in [1.29, 1.82) is 0 Å². The first-order chi connectivity index (χ1) is 10.2. The summed E-state index contributed by atoms with van der Waals surface area (Å²) in [5.41, 5.74) is 1.83. The van der Waals surface area contributed by atoms with Crippen LogP contribution in [0.5, 0.6) is 5.75 Å². The highest BCUT2D eigenvalue weighted by molar-refractivity contribution is 9.10. The zero-order chi connectivity index (χ0) is 15.1. The van der Waals surface area contributed by atoms with Gasteiger partial charge in [0.05, 0.1) is 6.61 Å². The van der Waals surface area contributed by atoms with E-state index in [2.05, 4.69) is 15.9 Å². The first kappa shape index (κ1) is 15.7. The van der Waals surface area contributed by atoms with E-state index >= 15 is 0 Å². The fraction of sp³-hybridized carbons (Fsp3) is 0.235. The maximum Gasteiger partial charge on any atom is 0.200 e. The fourth-order valence-corrected chi connectivity index (χ4v) is 2.10. The lowest BCUT2D eigenvalue weighted by atomic mass is 10.1. The highest BCUT2D eigenvalue weighted by atomic mass is 79.9. The van der Waals surface area contributed by atoms with Gasteiger partial charge in [-0.05, 0) is 36.2 Å². The standard InChI is InChI=1S/C17H17BrO3/c1-20-11-10-13-2-8-16(9-3-13)21-12-17(19)14-4-6-15(18)7-5-14/h2-9H,10-12H2,1H3. The van der Waals surface area contributed by atoms with Crippen LogP contribution in [0.15, 0.2) is 53.0 Å². The second-order valence-electron chi connectivity index (χ2n) is 4.61. The summed E-state index contributed by atoms with van der Waals surface area (Å²) in [6.45, 7) is 0.737. The average Bonchev–Trinajstić information content (AvgIpc) is 2.52. The molecule has 110 valence electrons. The van der Waals surface area contributed by atoms with Gasteiger partial charge in [-0.15, -0.1) is 0 Å². The molecule has 2 aromatic carbocycles. The molecular formula is C17H17BrO3. The number of carbonyl (C=O) groups is 1. The van der Waals surface area contributed by atoms with Crippen LogP contribution in [-0.4, -0.2) is 26.1 Å². The lowest BCUT2D eigenvalue weighted by Crippen LogP contribution is -2.11. The SMILES string of the molecule is COCCc1ccc(OCC(=O)c2ccc(Br)cc2)cc1. The van der Waals surface area contributed by atoms with Gasteiger partial charge >= 0.3 is 0 Å². The van der Waals surface area contributed by atoms with Gasteiger partial charge in [0.25, 0.3) is 0 Å². The van der Waals surface area contributed by atoms with Crippen LogP contribution < -0.4 is 4.74 Å². The Morgan fingerprint density at radius 1 is 1.05 bits per heavy atom. The molecule has 0 amide bonds. The van der Waals surface area contributed by atoms with Gasteiger partial charge in [0.1, 0.15) is 5.75 Å². The number of Topliss-reactive ketones (excluding diaryl/α,β-unsaturated/α-hetero) is 1. The molecule has 0 bridgehead atoms. The number of carbonyl (C=O) groups excluding carboxylic acids is 1. The van der Waals surface area contributed by atoms with E-state index in [1.54, 1.807) is 19.2 Å². The maximum atomic E-state index is 12.0. The van der Waals surface area contributed by atoms with E-state index in [-0.39, 0.29) is 12.4 Å². The third-order valence-electron chi connectivity index (χ3n) is 3.05. The topological polar surface area (TPSA) is 35.5 Å². The maximum absolute atomic E-state index is 12.0. The number of benzene rings is 2. The van der Waals surface area contributed by atoms with Crippen LogP contribution in [0.25, 0.3) is 0 Å². The molecule has 0 radical (unpaired) electrons. The summed E-state index contributed by atoms with van der Waals surface area (Å²) in [6.07, 6.45) is 0.870. The summed E-state index contributed by atoms with van der Waals surface area (Å²) in [7, 11) is 1.69. The Balaban J connectivity index is 1.87. The van der Waals surface area contributed by atoms with Crippen molar-refractivity contribution >= 4 is 21.7 Å². The lowest BCUT2D eigenvalue weighted by Gasteiger charge is -2.07. The van der Waals surface area contributed by atoms with Crippen molar-refractivity contribution in [1.82, 2.24) is 0 Å². The van der Waals surface area contributed by atoms with Crippen molar-refractivity contribution in [3.8, 4) is 5.75 Å². The van der Waals surface area contributed by atoms with E-state index in [1.165, 1.54) is 5.56 Å². The summed E-state index contributed by atoms with van der Waals surface area (Å²) in [4.78, 5) is 12.0. The van der Waals surface area contributed by atoms with Gasteiger partial charge in [0.2, 0.25) is 0 Å². The van der Waals surface area contributed by atoms with Gasteiger partial charge < -0.3 is 9.47 Å². The molecule has 2 aromatic rings. The van der Waals surface area contributed by atoms with E-state index in [4.69, 9.17) is 9.47 Å². The molecule has 4 heteroatoms. The molecule has 0 N–H and O–H groups in total. The summed E-state index contributed by atoms with van der Waals surface area (Å²) < 4.78 is 11.5. The average molecular weight is 349 g/mol. The largest absolute Gasteiger partial charge is 0.485 e. The summed E-state index contributed by atoms with van der Waals surface area (Å²) in [5, 5.41) is 0. The van der Waals surface area contributed by atoms with Crippen molar-refractivity contribution in [2.75, 3.05) is 20.3 Å². The Hall–Kier alpha value is -1.65. The molecule has 0 aliphatic heterocycles. The third-order valence-corrected chi connectivity index (χ3v) is 3.58. The van der Waals surface area contributed by atoms with E-state index < -0.39 is 0 Å². The highest BCUT2D eigenvalue weighted by Crippen LogP contribution is 2.14. The summed E-state index contributed by atoms with van der Waals surface area (Å²) in [5.74, 6) is 0.660. The third kappa shape index (κ3) is 4.99. The molecule has 21 heavy (non-hydrogen) atoms. The highest BCUT2D eigenvalue weighted by Gasteiger charge is 2.06. The predicted octanol–water partition coefficient (Wildman–Crippen LogP) is 3.90. The molecule has 0 saturated carbocycles. The predicted molar refractivity (Wildman–Crippen MR) is 86.0 cm³/mol. The van der Waals surface area contributed by atoms with Gasteiger partial charge in [-0.1, -0.05) is 40.2 Å². The van der Waals surface area contributed by atoms with Crippen molar-refractivity contribution < 1.29 is 14.3 Å². The van der Waals surface area contributed by atoms with Crippen LogP contribution in [0, 0.1) is 0 Å². The Labute approximate surface area is 133 Å². The van der Waals surface area contributed by atoms with Crippen molar-refractivity contribution in [2.45, 2.75) is 6.42 Å². The second-order valence-corrected chi connectivity index (χ2v) is 5.52. The first-order valence-electron chi connectivity index (χ1n) is 6.68. The molecule has 0 saturated heterocycles. The Morgan fingerprint density at radius 3 is 2.33 bits per heavy atom. The number of ether oxygens (including phenoxy) is 2. The van der Waals surface area contributed by atoms with E-state index in [9.17, 15) is 4.79 Å². The number of rotatable bonds is 7. The molecule has 0 heterocycles. The molecule has 0 unspecified atom stereocenters. The lowest BCUT2D eigenvalue weighted by molar-refractivity contribution is 0.0921. The quantitative estimate of drug-likeness (QED) is 0.712. The van der Waals surface area contributed by atoms with Crippen LogP contribution in [-0.2, 0) is 11.2 Å². The fourth-order valence-electron chi connectivity index (χ4n) is 1.84. The number of methoxy groups -OCH3 is 1. The monoisotopic (exact) mass is 348 g/mol. The number of ketones is 1. The minimum Gasteiger partial charge on any atom is -0.485 e. The Morgan fingerprint density at radius 2 is 1.71 bits per heavy atom. The molecule has 0 spiro atoms. The van der Waals surface area contributed by atoms with Crippen LogP contribution in [0.3, 0.4) is 0 Å². The number of halogens is 1. The summed E-state index contributed by atoms with van der Waals surface area (Å²) >= 11 is 3.34. The Kier molecular flexibility index (Phi) is 5.96. The molecular weight excluding hydrogens is 332 g/mol. The van der Waals surface area contributed by atoms with Gasteiger partial charge in [-0.3, -0.25) is 4.79 Å². The van der Waals surface area contributed by atoms with Gasteiger partial charge in [0.15, 0.2) is 12.4 Å². The van der Waals surface area contributed by atoms with Crippen LogP contribution in [0.1, 0.15) is 15.9 Å².